The number of quaternary nitrogens is 1. The van der Waals surface area contributed by atoms with E-state index in [9.17, 15) is 4.79 Å². The van der Waals surface area contributed by atoms with Crippen LogP contribution in [0.5, 0.6) is 0 Å². The van der Waals surface area contributed by atoms with Gasteiger partial charge in [-0.05, 0) is 32.1 Å². The SMILES string of the molecule is CCCCCCCCCCCCCCCCCCCC[N+](C)(CCCCCCCCCCCCCCCCCCCC)CN1CCCC1=O. The number of rotatable bonds is 40. The molecule has 292 valence electrons. The number of carbonyl (C=O) groups is 1. The molecule has 1 saturated heterocycles. The van der Waals surface area contributed by atoms with E-state index in [1.807, 2.05) is 0 Å². The lowest BCUT2D eigenvalue weighted by molar-refractivity contribution is -0.918. The molecule has 0 atom stereocenters. The highest BCUT2D eigenvalue weighted by Gasteiger charge is 2.29. The second kappa shape index (κ2) is 35.8. The van der Waals surface area contributed by atoms with Gasteiger partial charge < -0.3 is 4.48 Å². The van der Waals surface area contributed by atoms with Crippen LogP contribution in [0.25, 0.3) is 0 Å². The topological polar surface area (TPSA) is 20.3 Å². The van der Waals surface area contributed by atoms with Crippen LogP contribution in [0.3, 0.4) is 0 Å². The van der Waals surface area contributed by atoms with E-state index < -0.39 is 0 Å². The molecule has 0 saturated carbocycles. The molecule has 0 spiro atoms. The van der Waals surface area contributed by atoms with Crippen molar-refractivity contribution in [2.45, 2.75) is 258 Å². The Hall–Kier alpha value is -0.570. The molecule has 3 nitrogen and oxygen atoms in total. The van der Waals surface area contributed by atoms with Crippen molar-refractivity contribution in [2.75, 3.05) is 33.4 Å². The Morgan fingerprint density at radius 3 is 0.878 bits per heavy atom. The summed E-state index contributed by atoms with van der Waals surface area (Å²) in [5.74, 6) is 0.403. The fourth-order valence-corrected chi connectivity index (χ4v) is 8.31. The second-order valence-electron chi connectivity index (χ2n) is 17.0. The summed E-state index contributed by atoms with van der Waals surface area (Å²) in [5, 5.41) is 0. The molecular weight excluding hydrogens is 597 g/mol. The number of unbranched alkanes of at least 4 members (excludes halogenated alkanes) is 34. The summed E-state index contributed by atoms with van der Waals surface area (Å²) in [6, 6.07) is 0. The summed E-state index contributed by atoms with van der Waals surface area (Å²) in [6.07, 6.45) is 53.5. The van der Waals surface area contributed by atoms with E-state index in [0.29, 0.717) is 5.91 Å². The van der Waals surface area contributed by atoms with Gasteiger partial charge in [0.2, 0.25) is 5.91 Å². The maximum Gasteiger partial charge on any atom is 0.226 e. The molecule has 0 aromatic rings. The third-order valence-electron chi connectivity index (χ3n) is 11.8. The highest BCUT2D eigenvalue weighted by Crippen LogP contribution is 2.20. The summed E-state index contributed by atoms with van der Waals surface area (Å²) >= 11 is 0. The Balaban J connectivity index is 2.01. The first kappa shape index (κ1) is 46.5. The van der Waals surface area contributed by atoms with Crippen LogP contribution < -0.4 is 0 Å². The van der Waals surface area contributed by atoms with Crippen LogP contribution in [0.15, 0.2) is 0 Å². The quantitative estimate of drug-likeness (QED) is 0.0463. The molecule has 0 radical (unpaired) electrons. The van der Waals surface area contributed by atoms with E-state index in [0.717, 1.165) is 30.5 Å². The van der Waals surface area contributed by atoms with Gasteiger partial charge in [-0.3, -0.25) is 9.69 Å². The molecule has 1 aliphatic rings. The van der Waals surface area contributed by atoms with Crippen molar-refractivity contribution < 1.29 is 9.28 Å². The first-order chi connectivity index (χ1) is 24.1. The number of hydrogen-bond donors (Lipinski definition) is 0. The minimum atomic E-state index is 0.403. The molecule has 1 heterocycles. The van der Waals surface area contributed by atoms with Crippen molar-refractivity contribution in [3.63, 3.8) is 0 Å². The zero-order valence-corrected chi connectivity index (χ0v) is 34.5. The van der Waals surface area contributed by atoms with Crippen molar-refractivity contribution in [3.05, 3.63) is 0 Å². The normalized spacial score (nSPS) is 13.7. The van der Waals surface area contributed by atoms with E-state index in [2.05, 4.69) is 25.8 Å². The van der Waals surface area contributed by atoms with Gasteiger partial charge in [0, 0.05) is 13.0 Å². The highest BCUT2D eigenvalue weighted by atomic mass is 16.2. The highest BCUT2D eigenvalue weighted by molar-refractivity contribution is 5.77. The fourth-order valence-electron chi connectivity index (χ4n) is 8.31. The predicted octanol–water partition coefficient (Wildman–Crippen LogP) is 15.1. The van der Waals surface area contributed by atoms with Crippen LogP contribution in [0, 0.1) is 0 Å². The van der Waals surface area contributed by atoms with Gasteiger partial charge >= 0.3 is 0 Å². The van der Waals surface area contributed by atoms with Crippen molar-refractivity contribution in [3.8, 4) is 0 Å². The molecule has 1 amide bonds. The van der Waals surface area contributed by atoms with Crippen molar-refractivity contribution in [1.82, 2.24) is 4.90 Å². The van der Waals surface area contributed by atoms with Gasteiger partial charge in [-0.2, -0.15) is 0 Å². The van der Waals surface area contributed by atoms with Crippen molar-refractivity contribution in [1.29, 1.82) is 0 Å². The summed E-state index contributed by atoms with van der Waals surface area (Å²) in [7, 11) is 2.45. The van der Waals surface area contributed by atoms with E-state index in [1.165, 1.54) is 244 Å². The fraction of sp³-hybridized carbons (Fsp3) is 0.978. The average Bonchev–Trinajstić information content (AvgIpc) is 3.50. The lowest BCUT2D eigenvalue weighted by atomic mass is 10.0. The molecule has 0 N–H and O–H groups in total. The molecule has 0 unspecified atom stereocenters. The molecule has 0 aromatic heterocycles. The van der Waals surface area contributed by atoms with Gasteiger partial charge in [-0.1, -0.05) is 219 Å². The van der Waals surface area contributed by atoms with Crippen LogP contribution in [-0.2, 0) is 4.79 Å². The standard InChI is InChI=1S/C46H93N2O/c1-4-6-8-10-12-14-16-18-20-22-24-26-28-30-32-34-36-38-43-48(3,45-47-42-40-41-46(47)49)44-39-37-35-33-31-29-27-25-23-21-19-17-15-13-11-9-7-5-2/h4-45H2,1-3H3/q+1. The zero-order valence-electron chi connectivity index (χ0n) is 34.5. The van der Waals surface area contributed by atoms with Crippen LogP contribution in [0.2, 0.25) is 0 Å². The maximum atomic E-state index is 12.5. The Morgan fingerprint density at radius 1 is 0.408 bits per heavy atom. The van der Waals surface area contributed by atoms with Gasteiger partial charge in [0.1, 0.15) is 0 Å². The van der Waals surface area contributed by atoms with Crippen LogP contribution >= 0.6 is 0 Å². The maximum absolute atomic E-state index is 12.5. The lowest BCUT2D eigenvalue weighted by Gasteiger charge is -2.38. The van der Waals surface area contributed by atoms with E-state index in [1.54, 1.807) is 0 Å². The minimum Gasteiger partial charge on any atom is -0.309 e. The summed E-state index contributed by atoms with van der Waals surface area (Å²) in [6.45, 7) is 9.06. The lowest BCUT2D eigenvalue weighted by Crippen LogP contribution is -2.52. The molecule has 1 fully saturated rings. The Labute approximate surface area is 310 Å². The largest absolute Gasteiger partial charge is 0.309 e. The van der Waals surface area contributed by atoms with Crippen molar-refractivity contribution in [2.24, 2.45) is 0 Å². The predicted molar refractivity (Wildman–Crippen MR) is 219 cm³/mol. The van der Waals surface area contributed by atoms with Gasteiger partial charge in [0.05, 0.1) is 20.1 Å². The monoisotopic (exact) mass is 690 g/mol. The molecule has 0 aliphatic carbocycles. The van der Waals surface area contributed by atoms with Gasteiger partial charge in [-0.25, -0.2) is 0 Å². The smallest absolute Gasteiger partial charge is 0.226 e. The number of hydrogen-bond acceptors (Lipinski definition) is 1. The Bertz CT molecular complexity index is 638. The minimum absolute atomic E-state index is 0.403. The molecule has 3 heteroatoms. The van der Waals surface area contributed by atoms with Crippen molar-refractivity contribution >= 4 is 5.91 Å². The zero-order chi connectivity index (χ0) is 35.4. The summed E-state index contributed by atoms with van der Waals surface area (Å²) < 4.78 is 1.09. The summed E-state index contributed by atoms with van der Waals surface area (Å²) in [4.78, 5) is 14.6. The van der Waals surface area contributed by atoms with Gasteiger partial charge in [0.15, 0.2) is 6.67 Å². The van der Waals surface area contributed by atoms with Crippen LogP contribution in [0.4, 0.5) is 0 Å². The third-order valence-corrected chi connectivity index (χ3v) is 11.8. The number of amides is 1. The van der Waals surface area contributed by atoms with Crippen LogP contribution in [-0.4, -0.2) is 48.6 Å². The number of likely N-dealkylation sites (tertiary alicyclic amines) is 1. The number of nitrogens with zero attached hydrogens (tertiary/aromatic N) is 2. The van der Waals surface area contributed by atoms with Gasteiger partial charge in [0.25, 0.3) is 0 Å². The van der Waals surface area contributed by atoms with E-state index >= 15 is 0 Å². The molecule has 1 rings (SSSR count). The molecule has 0 aromatic carbocycles. The molecule has 1 aliphatic heterocycles. The van der Waals surface area contributed by atoms with E-state index in [-0.39, 0.29) is 0 Å². The molecule has 49 heavy (non-hydrogen) atoms. The van der Waals surface area contributed by atoms with Gasteiger partial charge in [-0.15, -0.1) is 0 Å². The second-order valence-corrected chi connectivity index (χ2v) is 17.0. The average molecular weight is 690 g/mol. The Kier molecular flexibility index (Phi) is 34.0. The summed E-state index contributed by atoms with van der Waals surface area (Å²) in [5.41, 5.74) is 0. The molecular formula is C46H93N2O+. The Morgan fingerprint density at radius 2 is 0.653 bits per heavy atom. The van der Waals surface area contributed by atoms with E-state index in [4.69, 9.17) is 0 Å². The number of carbonyl (C=O) groups excluding carboxylic acids is 1. The molecule has 0 bridgehead atoms. The van der Waals surface area contributed by atoms with Crippen LogP contribution in [0.1, 0.15) is 258 Å². The third kappa shape index (κ3) is 30.7. The first-order valence-corrected chi connectivity index (χ1v) is 23.2. The first-order valence-electron chi connectivity index (χ1n) is 23.2.